The largest absolute Gasteiger partial charge is 0.496 e. The maximum atomic E-state index is 13.2. The van der Waals surface area contributed by atoms with E-state index in [9.17, 15) is 9.18 Å². The zero-order chi connectivity index (χ0) is 13.7. The maximum absolute atomic E-state index is 13.2. The number of ether oxygens (including phenoxy) is 1. The number of carboxylic acid groups (broad SMARTS) is 1. The summed E-state index contributed by atoms with van der Waals surface area (Å²) in [5, 5.41) is 11.7. The number of hydrogen-bond donors (Lipinski definition) is 3. The van der Waals surface area contributed by atoms with Crippen molar-refractivity contribution in [3.8, 4) is 5.75 Å². The number of nitrogens with two attached hydrogens (primary N) is 1. The van der Waals surface area contributed by atoms with Gasteiger partial charge in [0.15, 0.2) is 0 Å². The Hall–Kier alpha value is -1.66. The van der Waals surface area contributed by atoms with Gasteiger partial charge in [-0.1, -0.05) is 0 Å². The van der Waals surface area contributed by atoms with E-state index in [4.69, 9.17) is 15.6 Å². The quantitative estimate of drug-likeness (QED) is 0.704. The van der Waals surface area contributed by atoms with Gasteiger partial charge in [-0.2, -0.15) is 0 Å². The molecule has 1 rings (SSSR count). The van der Waals surface area contributed by atoms with E-state index in [1.165, 1.54) is 25.3 Å². The molecule has 2 unspecified atom stereocenters. The number of nitrogens with one attached hydrogen (secondary N) is 1. The van der Waals surface area contributed by atoms with Crippen LogP contribution < -0.4 is 15.8 Å². The Morgan fingerprint density at radius 2 is 2.28 bits per heavy atom. The minimum atomic E-state index is -1.09. The first kappa shape index (κ1) is 14.4. The van der Waals surface area contributed by atoms with Crippen molar-refractivity contribution >= 4 is 5.97 Å². The minimum absolute atomic E-state index is 0.144. The fourth-order valence-electron chi connectivity index (χ4n) is 1.73. The van der Waals surface area contributed by atoms with Gasteiger partial charge < -0.3 is 20.9 Å². The third kappa shape index (κ3) is 3.41. The van der Waals surface area contributed by atoms with E-state index < -0.39 is 17.8 Å². The second kappa shape index (κ2) is 6.32. The second-order valence-corrected chi connectivity index (χ2v) is 3.91. The van der Waals surface area contributed by atoms with Gasteiger partial charge in [-0.25, -0.2) is 4.39 Å². The molecule has 0 aliphatic heterocycles. The van der Waals surface area contributed by atoms with Crippen LogP contribution in [0.1, 0.15) is 18.0 Å². The van der Waals surface area contributed by atoms with Crippen LogP contribution in [0.5, 0.6) is 5.75 Å². The average molecular weight is 256 g/mol. The summed E-state index contributed by atoms with van der Waals surface area (Å²) in [6, 6.07) is 2.69. The van der Waals surface area contributed by atoms with Gasteiger partial charge in [0, 0.05) is 11.6 Å². The van der Waals surface area contributed by atoms with Crippen molar-refractivity contribution in [1.29, 1.82) is 0 Å². The van der Waals surface area contributed by atoms with Gasteiger partial charge in [0.05, 0.1) is 7.11 Å². The van der Waals surface area contributed by atoms with Crippen LogP contribution in [0.2, 0.25) is 0 Å². The number of rotatable bonds is 6. The summed E-state index contributed by atoms with van der Waals surface area (Å²) in [5.41, 5.74) is 6.04. The first-order valence-electron chi connectivity index (χ1n) is 5.48. The van der Waals surface area contributed by atoms with Crippen molar-refractivity contribution in [3.63, 3.8) is 0 Å². The molecule has 0 aliphatic carbocycles. The Kier molecular flexibility index (Phi) is 5.06. The molecule has 0 aliphatic rings. The number of benzene rings is 1. The Morgan fingerprint density at radius 3 is 2.78 bits per heavy atom. The third-order valence-corrected chi connectivity index (χ3v) is 2.72. The fourth-order valence-corrected chi connectivity index (χ4v) is 1.73. The van der Waals surface area contributed by atoms with E-state index in [2.05, 4.69) is 5.32 Å². The normalized spacial score (nSPS) is 14.0. The van der Waals surface area contributed by atoms with E-state index in [1.807, 2.05) is 0 Å². The van der Waals surface area contributed by atoms with Crippen LogP contribution >= 0.6 is 0 Å². The zero-order valence-electron chi connectivity index (χ0n) is 10.3. The van der Waals surface area contributed by atoms with Crippen LogP contribution in [0, 0.1) is 5.82 Å². The number of carboxylic acids is 1. The van der Waals surface area contributed by atoms with Gasteiger partial charge in [0.1, 0.15) is 17.6 Å². The molecule has 100 valence electrons. The molecule has 1 aromatic rings. The summed E-state index contributed by atoms with van der Waals surface area (Å²) >= 11 is 0. The zero-order valence-corrected chi connectivity index (χ0v) is 10.3. The summed E-state index contributed by atoms with van der Waals surface area (Å²) in [5.74, 6) is -1.01. The lowest BCUT2D eigenvalue weighted by Crippen LogP contribution is -2.34. The third-order valence-electron chi connectivity index (χ3n) is 2.72. The predicted octanol–water partition coefficient (Wildman–Crippen LogP) is 0.897. The molecule has 0 heterocycles. The lowest BCUT2D eigenvalue weighted by atomic mass is 9.98. The molecule has 0 radical (unpaired) electrons. The fraction of sp³-hybridized carbons (Fsp3) is 0.417. The van der Waals surface area contributed by atoms with Gasteiger partial charge in [0.25, 0.3) is 0 Å². The number of methoxy groups -OCH3 is 1. The molecule has 0 bridgehead atoms. The van der Waals surface area contributed by atoms with E-state index in [-0.39, 0.29) is 12.5 Å². The molecule has 0 spiro atoms. The topological polar surface area (TPSA) is 84.6 Å². The Bertz CT molecular complexity index is 426. The van der Waals surface area contributed by atoms with E-state index >= 15 is 0 Å². The van der Waals surface area contributed by atoms with Crippen LogP contribution in [0.25, 0.3) is 0 Å². The summed E-state index contributed by atoms with van der Waals surface area (Å²) in [4.78, 5) is 10.7. The molecule has 6 heteroatoms. The first-order chi connectivity index (χ1) is 8.49. The molecule has 18 heavy (non-hydrogen) atoms. The van der Waals surface area contributed by atoms with Crippen molar-refractivity contribution in [3.05, 3.63) is 29.6 Å². The molecule has 0 aromatic heterocycles. The predicted molar refractivity (Wildman–Crippen MR) is 65.0 cm³/mol. The molecule has 0 saturated carbocycles. The Morgan fingerprint density at radius 1 is 1.61 bits per heavy atom. The first-order valence-corrected chi connectivity index (χ1v) is 5.48. The van der Waals surface area contributed by atoms with Crippen LogP contribution in [0.4, 0.5) is 4.39 Å². The van der Waals surface area contributed by atoms with Gasteiger partial charge in [-0.3, -0.25) is 4.79 Å². The van der Waals surface area contributed by atoms with Crippen LogP contribution in [-0.2, 0) is 4.79 Å². The number of aliphatic carboxylic acids is 1. The molecular weight excluding hydrogens is 239 g/mol. The lowest BCUT2D eigenvalue weighted by Gasteiger charge is -2.21. The van der Waals surface area contributed by atoms with Crippen LogP contribution in [0.15, 0.2) is 18.2 Å². The monoisotopic (exact) mass is 256 g/mol. The Balaban J connectivity index is 3.00. The van der Waals surface area contributed by atoms with Gasteiger partial charge in [0.2, 0.25) is 0 Å². The summed E-state index contributed by atoms with van der Waals surface area (Å²) in [6.45, 7) is 0. The molecule has 5 nitrogen and oxygen atoms in total. The molecular formula is C12H17FN2O3. The highest BCUT2D eigenvalue weighted by molar-refractivity contribution is 5.73. The highest BCUT2D eigenvalue weighted by atomic mass is 19.1. The summed E-state index contributed by atoms with van der Waals surface area (Å²) < 4.78 is 18.4. The van der Waals surface area contributed by atoms with E-state index in [1.54, 1.807) is 7.05 Å². The van der Waals surface area contributed by atoms with Crippen molar-refractivity contribution in [2.75, 3.05) is 14.2 Å². The molecule has 2 atom stereocenters. The smallest absolute Gasteiger partial charge is 0.320 e. The molecule has 0 saturated heterocycles. The van der Waals surface area contributed by atoms with Crippen molar-refractivity contribution in [2.45, 2.75) is 18.5 Å². The Labute approximate surface area is 105 Å². The van der Waals surface area contributed by atoms with Gasteiger partial charge in [-0.15, -0.1) is 0 Å². The lowest BCUT2D eigenvalue weighted by molar-refractivity contribution is -0.138. The van der Waals surface area contributed by atoms with Crippen LogP contribution in [-0.4, -0.2) is 31.3 Å². The maximum Gasteiger partial charge on any atom is 0.320 e. The number of hydrogen-bond acceptors (Lipinski definition) is 4. The second-order valence-electron chi connectivity index (χ2n) is 3.91. The van der Waals surface area contributed by atoms with Crippen molar-refractivity contribution in [1.82, 2.24) is 5.32 Å². The number of carbonyl (C=O) groups is 1. The van der Waals surface area contributed by atoms with Crippen molar-refractivity contribution in [2.24, 2.45) is 5.73 Å². The molecule has 0 amide bonds. The molecule has 4 N–H and O–H groups in total. The summed E-state index contributed by atoms with van der Waals surface area (Å²) in [6.07, 6.45) is 0.144. The molecule has 1 aromatic carbocycles. The van der Waals surface area contributed by atoms with Gasteiger partial charge >= 0.3 is 5.97 Å². The summed E-state index contributed by atoms with van der Waals surface area (Å²) in [7, 11) is 3.13. The standard InChI is InChI=1S/C12H17FN2O3/c1-15-10(6-9(14)12(16)17)8-5-7(13)3-4-11(8)18-2/h3-5,9-10,15H,6,14H2,1-2H3,(H,16,17). The van der Waals surface area contributed by atoms with Crippen LogP contribution in [0.3, 0.4) is 0 Å². The molecule has 0 fully saturated rings. The van der Waals surface area contributed by atoms with Gasteiger partial charge in [-0.05, 0) is 31.7 Å². The van der Waals surface area contributed by atoms with Crippen molar-refractivity contribution < 1.29 is 19.0 Å². The number of halogens is 1. The van der Waals surface area contributed by atoms with E-state index in [0.29, 0.717) is 11.3 Å². The van der Waals surface area contributed by atoms with E-state index in [0.717, 1.165) is 0 Å². The highest BCUT2D eigenvalue weighted by Gasteiger charge is 2.21. The SMILES string of the molecule is CNC(CC(N)C(=O)O)c1cc(F)ccc1OC. The highest BCUT2D eigenvalue weighted by Crippen LogP contribution is 2.28. The average Bonchev–Trinajstić information content (AvgIpc) is 2.35. The minimum Gasteiger partial charge on any atom is -0.496 e.